The zero-order valence-corrected chi connectivity index (χ0v) is 13.0. The van der Waals surface area contributed by atoms with Crippen LogP contribution in [-0.2, 0) is 9.84 Å². The fourth-order valence-corrected chi connectivity index (χ4v) is 2.95. The summed E-state index contributed by atoms with van der Waals surface area (Å²) in [5.74, 6) is 0.199. The van der Waals surface area contributed by atoms with Crippen molar-refractivity contribution in [2.45, 2.75) is 26.7 Å². The Morgan fingerprint density at radius 3 is 2.61 bits per heavy atom. The number of carbonyl (C=O) groups excluding carboxylic acids is 1. The van der Waals surface area contributed by atoms with Crippen LogP contribution in [0.5, 0.6) is 0 Å². The summed E-state index contributed by atoms with van der Waals surface area (Å²) in [6.07, 6.45) is 0.649. The Hall–Kier alpha value is -0.680. The number of aryl methyl sites for hydroxylation is 1. The first-order valence-corrected chi connectivity index (χ1v) is 8.47. The lowest BCUT2D eigenvalue weighted by Gasteiger charge is -2.06. The Balaban J connectivity index is 2.64. The van der Waals surface area contributed by atoms with Gasteiger partial charge in [-0.1, -0.05) is 25.1 Å². The molecule has 0 amide bonds. The molecule has 1 aromatic carbocycles. The lowest BCUT2D eigenvalue weighted by molar-refractivity contribution is 0.0981. The molecule has 0 spiro atoms. The number of hydrogen-bond donors (Lipinski definition) is 0. The van der Waals surface area contributed by atoms with Crippen LogP contribution in [0.3, 0.4) is 0 Å². The van der Waals surface area contributed by atoms with E-state index >= 15 is 0 Å². The van der Waals surface area contributed by atoms with Gasteiger partial charge in [0.2, 0.25) is 0 Å². The van der Waals surface area contributed by atoms with Gasteiger partial charge in [-0.25, -0.2) is 8.42 Å². The van der Waals surface area contributed by atoms with E-state index in [0.717, 1.165) is 10.0 Å². The summed E-state index contributed by atoms with van der Waals surface area (Å²) < 4.78 is 23.4. The predicted molar refractivity (Wildman–Crippen MR) is 76.8 cm³/mol. The van der Waals surface area contributed by atoms with Crippen LogP contribution < -0.4 is 0 Å². The lowest BCUT2D eigenvalue weighted by Crippen LogP contribution is -2.10. The maximum absolute atomic E-state index is 12.0. The Kier molecular flexibility index (Phi) is 5.53. The van der Waals surface area contributed by atoms with Gasteiger partial charge >= 0.3 is 0 Å². The van der Waals surface area contributed by atoms with E-state index in [-0.39, 0.29) is 23.7 Å². The normalized spacial score (nSPS) is 11.5. The number of Topliss-reactive ketones (excluding diaryl/α,β-unsaturated/α-hetero) is 1. The van der Waals surface area contributed by atoms with Gasteiger partial charge in [0.1, 0.15) is 9.84 Å². The second kappa shape index (κ2) is 6.48. The van der Waals surface area contributed by atoms with Gasteiger partial charge in [0, 0.05) is 22.2 Å². The number of carbonyl (C=O) groups is 1. The molecule has 0 saturated carbocycles. The van der Waals surface area contributed by atoms with Gasteiger partial charge in [-0.05, 0) is 34.8 Å². The average Bonchev–Trinajstić information content (AvgIpc) is 2.32. The van der Waals surface area contributed by atoms with Gasteiger partial charge in [0.15, 0.2) is 5.78 Å². The Morgan fingerprint density at radius 1 is 1.33 bits per heavy atom. The minimum Gasteiger partial charge on any atom is -0.294 e. The maximum Gasteiger partial charge on any atom is 0.164 e. The molecule has 0 aliphatic heterocycles. The SMILES string of the molecule is CCS(=O)(=O)CCCC(=O)c1cccc(C)c1Br. The molecule has 0 N–H and O–H groups in total. The van der Waals surface area contributed by atoms with E-state index in [4.69, 9.17) is 0 Å². The van der Waals surface area contributed by atoms with Crippen molar-refractivity contribution in [2.24, 2.45) is 0 Å². The molecule has 3 nitrogen and oxygen atoms in total. The third-order valence-corrected chi connectivity index (χ3v) is 5.63. The molecule has 0 saturated heterocycles. The Morgan fingerprint density at radius 2 is 2.00 bits per heavy atom. The molecule has 1 aromatic rings. The highest BCUT2D eigenvalue weighted by Crippen LogP contribution is 2.22. The largest absolute Gasteiger partial charge is 0.294 e. The van der Waals surface area contributed by atoms with Crippen molar-refractivity contribution in [1.29, 1.82) is 0 Å². The van der Waals surface area contributed by atoms with E-state index in [9.17, 15) is 13.2 Å². The molecule has 100 valence electrons. The van der Waals surface area contributed by atoms with E-state index in [1.54, 1.807) is 13.0 Å². The van der Waals surface area contributed by atoms with Crippen molar-refractivity contribution in [3.05, 3.63) is 33.8 Å². The van der Waals surface area contributed by atoms with Crippen molar-refractivity contribution < 1.29 is 13.2 Å². The van der Waals surface area contributed by atoms with Gasteiger partial charge in [-0.3, -0.25) is 4.79 Å². The van der Waals surface area contributed by atoms with Crippen LogP contribution in [0.2, 0.25) is 0 Å². The van der Waals surface area contributed by atoms with Gasteiger partial charge in [-0.15, -0.1) is 0 Å². The molecule has 0 heterocycles. The van der Waals surface area contributed by atoms with Crippen molar-refractivity contribution >= 4 is 31.6 Å². The fourth-order valence-electron chi connectivity index (χ4n) is 1.59. The summed E-state index contributed by atoms with van der Waals surface area (Å²) in [6, 6.07) is 5.51. The smallest absolute Gasteiger partial charge is 0.164 e. The van der Waals surface area contributed by atoms with E-state index < -0.39 is 9.84 Å². The molecular weight excluding hydrogens is 316 g/mol. The summed E-state index contributed by atoms with van der Waals surface area (Å²) in [4.78, 5) is 12.0. The molecule has 1 rings (SSSR count). The topological polar surface area (TPSA) is 51.2 Å². The zero-order valence-electron chi connectivity index (χ0n) is 10.6. The molecule has 0 atom stereocenters. The Bertz CT molecular complexity index is 535. The lowest BCUT2D eigenvalue weighted by atomic mass is 10.0. The molecule has 0 aliphatic carbocycles. The van der Waals surface area contributed by atoms with Gasteiger partial charge in [-0.2, -0.15) is 0 Å². The summed E-state index contributed by atoms with van der Waals surface area (Å²) in [5.41, 5.74) is 1.63. The molecule has 0 bridgehead atoms. The minimum atomic E-state index is -2.98. The maximum atomic E-state index is 12.0. The first-order chi connectivity index (χ1) is 8.37. The van der Waals surface area contributed by atoms with Crippen LogP contribution in [0, 0.1) is 6.92 Å². The molecule has 18 heavy (non-hydrogen) atoms. The van der Waals surface area contributed by atoms with Crippen molar-refractivity contribution in [2.75, 3.05) is 11.5 Å². The Labute approximate surface area is 117 Å². The predicted octanol–water partition coefficient (Wildman–Crippen LogP) is 3.16. The van der Waals surface area contributed by atoms with E-state index in [1.165, 1.54) is 0 Å². The average molecular weight is 333 g/mol. The van der Waals surface area contributed by atoms with Gasteiger partial charge < -0.3 is 0 Å². The van der Waals surface area contributed by atoms with E-state index in [0.29, 0.717) is 12.0 Å². The fraction of sp³-hybridized carbons (Fsp3) is 0.462. The second-order valence-electron chi connectivity index (χ2n) is 4.20. The van der Waals surface area contributed by atoms with Gasteiger partial charge in [0.25, 0.3) is 0 Å². The monoisotopic (exact) mass is 332 g/mol. The van der Waals surface area contributed by atoms with E-state index in [2.05, 4.69) is 15.9 Å². The van der Waals surface area contributed by atoms with Crippen molar-refractivity contribution in [3.8, 4) is 0 Å². The first kappa shape index (κ1) is 15.4. The molecule has 5 heteroatoms. The highest BCUT2D eigenvalue weighted by atomic mass is 79.9. The van der Waals surface area contributed by atoms with Crippen LogP contribution in [0.15, 0.2) is 22.7 Å². The standard InChI is InChI=1S/C13H17BrO3S/c1-3-18(16,17)9-5-8-12(15)11-7-4-6-10(2)13(11)14/h4,6-7H,3,5,8-9H2,1-2H3. The highest BCUT2D eigenvalue weighted by Gasteiger charge is 2.13. The zero-order chi connectivity index (χ0) is 13.8. The number of rotatable bonds is 6. The number of ketones is 1. The third-order valence-electron chi connectivity index (χ3n) is 2.79. The number of halogens is 1. The quantitative estimate of drug-likeness (QED) is 0.752. The molecule has 0 unspecified atom stereocenters. The van der Waals surface area contributed by atoms with Crippen LogP contribution in [0.25, 0.3) is 0 Å². The van der Waals surface area contributed by atoms with Crippen LogP contribution in [0.1, 0.15) is 35.7 Å². The summed E-state index contributed by atoms with van der Waals surface area (Å²) in [6.45, 7) is 3.54. The third kappa shape index (κ3) is 4.21. The van der Waals surface area contributed by atoms with Gasteiger partial charge in [0.05, 0.1) is 5.75 Å². The van der Waals surface area contributed by atoms with Crippen molar-refractivity contribution in [1.82, 2.24) is 0 Å². The first-order valence-electron chi connectivity index (χ1n) is 5.86. The summed E-state index contributed by atoms with van der Waals surface area (Å²) in [7, 11) is -2.98. The second-order valence-corrected chi connectivity index (χ2v) is 7.47. The van der Waals surface area contributed by atoms with Crippen molar-refractivity contribution in [3.63, 3.8) is 0 Å². The molecular formula is C13H17BrO3S. The van der Waals surface area contributed by atoms with E-state index in [1.807, 2.05) is 19.1 Å². The highest BCUT2D eigenvalue weighted by molar-refractivity contribution is 9.10. The molecule has 0 fully saturated rings. The van der Waals surface area contributed by atoms with Crippen LogP contribution >= 0.6 is 15.9 Å². The summed E-state index contributed by atoms with van der Waals surface area (Å²) in [5, 5.41) is 0. The minimum absolute atomic E-state index is 0.0168. The number of sulfone groups is 1. The molecule has 0 aromatic heterocycles. The van der Waals surface area contributed by atoms with Crippen LogP contribution in [-0.4, -0.2) is 25.7 Å². The number of benzene rings is 1. The summed E-state index contributed by atoms with van der Waals surface area (Å²) >= 11 is 3.39. The molecule has 0 radical (unpaired) electrons. The van der Waals surface area contributed by atoms with Crippen LogP contribution in [0.4, 0.5) is 0 Å². The molecule has 0 aliphatic rings. The number of hydrogen-bond acceptors (Lipinski definition) is 3.